The zero-order valence-electron chi connectivity index (χ0n) is 12.9. The average Bonchev–Trinajstić information content (AvgIpc) is 2.49. The van der Waals surface area contributed by atoms with Gasteiger partial charge in [0.1, 0.15) is 0 Å². The Hall–Kier alpha value is -1.75. The Balaban J connectivity index is 1.73. The first-order valence-electron chi connectivity index (χ1n) is 7.64. The number of fused-ring (bicyclic) bond motifs is 1. The zero-order chi connectivity index (χ0) is 15.1. The summed E-state index contributed by atoms with van der Waals surface area (Å²) in [5.41, 5.74) is 2.74. The monoisotopic (exact) mass is 291 g/mol. The minimum Gasteiger partial charge on any atom is -0.382 e. The van der Waals surface area contributed by atoms with E-state index in [1.807, 2.05) is 18.2 Å². The number of nitrogens with one attached hydrogen (secondary N) is 3. The third kappa shape index (κ3) is 4.93. The molecular weight excluding hydrogens is 266 g/mol. The van der Waals surface area contributed by atoms with Crippen LogP contribution in [0.25, 0.3) is 0 Å². The van der Waals surface area contributed by atoms with Crippen molar-refractivity contribution in [2.24, 2.45) is 5.92 Å². The van der Waals surface area contributed by atoms with E-state index >= 15 is 0 Å². The first-order chi connectivity index (χ1) is 10.2. The van der Waals surface area contributed by atoms with Crippen LogP contribution in [-0.2, 0) is 4.74 Å². The van der Waals surface area contributed by atoms with E-state index in [1.165, 1.54) is 0 Å². The van der Waals surface area contributed by atoms with Crippen molar-refractivity contribution in [3.63, 3.8) is 0 Å². The molecule has 0 spiro atoms. The van der Waals surface area contributed by atoms with Gasteiger partial charge in [0.2, 0.25) is 0 Å². The van der Waals surface area contributed by atoms with Gasteiger partial charge in [-0.2, -0.15) is 0 Å². The van der Waals surface area contributed by atoms with Crippen LogP contribution in [0, 0.1) is 5.92 Å². The molecular formula is C16H25N3O2. The van der Waals surface area contributed by atoms with Crippen molar-refractivity contribution in [1.29, 1.82) is 0 Å². The second-order valence-electron chi connectivity index (χ2n) is 5.69. The van der Waals surface area contributed by atoms with Gasteiger partial charge in [-0.3, -0.25) is 4.79 Å². The number of hydrogen-bond donors (Lipinski definition) is 3. The lowest BCUT2D eigenvalue weighted by Gasteiger charge is -2.20. The van der Waals surface area contributed by atoms with Gasteiger partial charge in [-0.25, -0.2) is 0 Å². The normalized spacial score (nSPS) is 13.3. The molecule has 1 aromatic rings. The number of ether oxygens (including phenoxy) is 1. The zero-order valence-corrected chi connectivity index (χ0v) is 12.9. The maximum absolute atomic E-state index is 12.1. The van der Waals surface area contributed by atoms with Gasteiger partial charge in [0.15, 0.2) is 0 Å². The minimum atomic E-state index is -0.0333. The van der Waals surface area contributed by atoms with E-state index in [0.717, 1.165) is 37.5 Å². The third-order valence-corrected chi connectivity index (χ3v) is 3.24. The average molecular weight is 291 g/mol. The Morgan fingerprint density at radius 1 is 1.29 bits per heavy atom. The number of rotatable bonds is 7. The van der Waals surface area contributed by atoms with Crippen LogP contribution in [0.15, 0.2) is 18.2 Å². The van der Waals surface area contributed by atoms with Crippen LogP contribution in [0.5, 0.6) is 0 Å². The molecule has 5 heteroatoms. The molecule has 116 valence electrons. The van der Waals surface area contributed by atoms with Crippen molar-refractivity contribution in [3.05, 3.63) is 23.8 Å². The molecule has 5 nitrogen and oxygen atoms in total. The van der Waals surface area contributed by atoms with E-state index in [0.29, 0.717) is 24.6 Å². The Morgan fingerprint density at radius 3 is 2.81 bits per heavy atom. The van der Waals surface area contributed by atoms with Crippen molar-refractivity contribution < 1.29 is 9.53 Å². The van der Waals surface area contributed by atoms with Gasteiger partial charge in [-0.1, -0.05) is 13.8 Å². The molecule has 0 bridgehead atoms. The molecule has 0 atom stereocenters. The predicted octanol–water partition coefficient (Wildman–Crippen LogP) is 2.32. The lowest BCUT2D eigenvalue weighted by Crippen LogP contribution is -2.26. The highest BCUT2D eigenvalue weighted by atomic mass is 16.5. The Labute approximate surface area is 126 Å². The second-order valence-corrected chi connectivity index (χ2v) is 5.69. The van der Waals surface area contributed by atoms with Gasteiger partial charge in [-0.15, -0.1) is 0 Å². The van der Waals surface area contributed by atoms with Crippen molar-refractivity contribution in [1.82, 2.24) is 5.32 Å². The number of amides is 1. The van der Waals surface area contributed by atoms with Crippen LogP contribution >= 0.6 is 0 Å². The SMILES string of the molecule is CC(C)COCCCNC(=O)c1ccc2c(c1)NCCN2. The first-order valence-corrected chi connectivity index (χ1v) is 7.64. The number of carbonyl (C=O) groups excluding carboxylic acids is 1. The fourth-order valence-corrected chi connectivity index (χ4v) is 2.18. The number of hydrogen-bond acceptors (Lipinski definition) is 4. The summed E-state index contributed by atoms with van der Waals surface area (Å²) in [7, 11) is 0. The fraction of sp³-hybridized carbons (Fsp3) is 0.562. The summed E-state index contributed by atoms with van der Waals surface area (Å²) in [5.74, 6) is 0.519. The quantitative estimate of drug-likeness (QED) is 0.675. The highest BCUT2D eigenvalue weighted by Crippen LogP contribution is 2.25. The van der Waals surface area contributed by atoms with E-state index in [9.17, 15) is 4.79 Å². The maximum atomic E-state index is 12.1. The molecule has 1 heterocycles. The van der Waals surface area contributed by atoms with Gasteiger partial charge < -0.3 is 20.7 Å². The summed E-state index contributed by atoms with van der Waals surface area (Å²) in [6.45, 7) is 8.15. The van der Waals surface area contributed by atoms with E-state index in [4.69, 9.17) is 4.74 Å². The second kappa shape index (κ2) is 7.88. The van der Waals surface area contributed by atoms with Gasteiger partial charge >= 0.3 is 0 Å². The molecule has 21 heavy (non-hydrogen) atoms. The molecule has 1 aromatic carbocycles. The van der Waals surface area contributed by atoms with Gasteiger partial charge in [-0.05, 0) is 30.5 Å². The van der Waals surface area contributed by atoms with Crippen molar-refractivity contribution in [2.75, 3.05) is 43.5 Å². The Morgan fingerprint density at radius 2 is 2.05 bits per heavy atom. The van der Waals surface area contributed by atoms with Crippen LogP contribution < -0.4 is 16.0 Å². The number of benzene rings is 1. The minimum absolute atomic E-state index is 0.0333. The van der Waals surface area contributed by atoms with E-state index < -0.39 is 0 Å². The lowest BCUT2D eigenvalue weighted by molar-refractivity contribution is 0.0925. The maximum Gasteiger partial charge on any atom is 0.251 e. The summed E-state index contributed by atoms with van der Waals surface area (Å²) in [6, 6.07) is 5.69. The highest BCUT2D eigenvalue weighted by molar-refractivity contribution is 5.96. The molecule has 1 amide bonds. The Kier molecular flexibility index (Phi) is 5.87. The standard InChI is InChI=1S/C16H25N3O2/c1-12(2)11-21-9-3-6-19-16(20)13-4-5-14-15(10-13)18-8-7-17-14/h4-5,10,12,17-18H,3,6-9,11H2,1-2H3,(H,19,20). The molecule has 0 saturated carbocycles. The Bertz CT molecular complexity index is 475. The molecule has 0 aromatic heterocycles. The first kappa shape index (κ1) is 15.6. The summed E-state index contributed by atoms with van der Waals surface area (Å²) in [4.78, 5) is 12.1. The molecule has 1 aliphatic heterocycles. The van der Waals surface area contributed by atoms with E-state index in [-0.39, 0.29) is 5.91 Å². The van der Waals surface area contributed by atoms with Crippen LogP contribution in [0.1, 0.15) is 30.6 Å². The molecule has 3 N–H and O–H groups in total. The molecule has 0 fully saturated rings. The van der Waals surface area contributed by atoms with Gasteiger partial charge in [0.25, 0.3) is 5.91 Å². The molecule has 1 aliphatic rings. The van der Waals surface area contributed by atoms with Crippen molar-refractivity contribution in [2.45, 2.75) is 20.3 Å². The number of carbonyl (C=O) groups is 1. The van der Waals surface area contributed by atoms with Crippen LogP contribution in [0.2, 0.25) is 0 Å². The topological polar surface area (TPSA) is 62.4 Å². The molecule has 0 radical (unpaired) electrons. The number of anilines is 2. The largest absolute Gasteiger partial charge is 0.382 e. The van der Waals surface area contributed by atoms with Gasteiger partial charge in [0, 0.05) is 38.4 Å². The summed E-state index contributed by atoms with van der Waals surface area (Å²) < 4.78 is 5.49. The van der Waals surface area contributed by atoms with Crippen molar-refractivity contribution >= 4 is 17.3 Å². The van der Waals surface area contributed by atoms with E-state index in [1.54, 1.807) is 0 Å². The highest BCUT2D eigenvalue weighted by Gasteiger charge is 2.11. The van der Waals surface area contributed by atoms with Crippen LogP contribution in [0.4, 0.5) is 11.4 Å². The molecule has 0 aliphatic carbocycles. The summed E-state index contributed by atoms with van der Waals surface area (Å²) in [5, 5.41) is 9.51. The molecule has 2 rings (SSSR count). The summed E-state index contributed by atoms with van der Waals surface area (Å²) in [6.07, 6.45) is 0.837. The molecule has 0 saturated heterocycles. The van der Waals surface area contributed by atoms with Gasteiger partial charge in [0.05, 0.1) is 11.4 Å². The predicted molar refractivity (Wildman–Crippen MR) is 86.0 cm³/mol. The summed E-state index contributed by atoms with van der Waals surface area (Å²) >= 11 is 0. The van der Waals surface area contributed by atoms with Crippen LogP contribution in [0.3, 0.4) is 0 Å². The van der Waals surface area contributed by atoms with Crippen LogP contribution in [-0.4, -0.2) is 38.8 Å². The third-order valence-electron chi connectivity index (χ3n) is 3.24. The van der Waals surface area contributed by atoms with E-state index in [2.05, 4.69) is 29.8 Å². The smallest absolute Gasteiger partial charge is 0.251 e. The van der Waals surface area contributed by atoms with Crippen molar-refractivity contribution in [3.8, 4) is 0 Å². The lowest BCUT2D eigenvalue weighted by atomic mass is 10.1. The fourth-order valence-electron chi connectivity index (χ4n) is 2.18. The molecule has 0 unspecified atom stereocenters.